The fraction of sp³-hybridized carbons (Fsp3) is 0.462. The lowest BCUT2D eigenvalue weighted by Gasteiger charge is -2.10. The largest absolute Gasteiger partial charge is 0.375 e. The smallest absolute Gasteiger partial charge is 0.246 e. The van der Waals surface area contributed by atoms with Crippen LogP contribution in [0.25, 0.3) is 0 Å². The fourth-order valence-electron chi connectivity index (χ4n) is 1.51. The number of carbonyl (C=O) groups excluding carboxylic acids is 1. The van der Waals surface area contributed by atoms with Crippen LogP contribution in [-0.2, 0) is 22.6 Å². The number of nitrogens with zero attached hydrogens (tertiary/aromatic N) is 1. The minimum absolute atomic E-state index is 0.0927. The Morgan fingerprint density at radius 3 is 2.35 bits per heavy atom. The molecule has 1 aromatic rings. The Hall–Kier alpha value is -1.39. The molecule has 0 aromatic heterocycles. The minimum atomic E-state index is -0.0927. The molecule has 1 amide bonds. The van der Waals surface area contributed by atoms with Crippen LogP contribution in [0.3, 0.4) is 0 Å². The van der Waals surface area contributed by atoms with Crippen LogP contribution in [0.5, 0.6) is 0 Å². The zero-order chi connectivity index (χ0) is 12.7. The second-order valence-corrected chi connectivity index (χ2v) is 4.26. The van der Waals surface area contributed by atoms with Gasteiger partial charge < -0.3 is 15.0 Å². The van der Waals surface area contributed by atoms with Gasteiger partial charge in [0.25, 0.3) is 0 Å². The van der Waals surface area contributed by atoms with E-state index in [1.165, 1.54) is 12.7 Å². The van der Waals surface area contributed by atoms with E-state index in [4.69, 9.17) is 4.74 Å². The van der Waals surface area contributed by atoms with Gasteiger partial charge in [-0.05, 0) is 25.2 Å². The molecule has 0 bridgehead atoms. The van der Waals surface area contributed by atoms with E-state index in [0.717, 1.165) is 12.1 Å². The zero-order valence-corrected chi connectivity index (χ0v) is 10.7. The summed E-state index contributed by atoms with van der Waals surface area (Å²) < 4.78 is 4.74. The van der Waals surface area contributed by atoms with Crippen molar-refractivity contribution in [3.05, 3.63) is 35.4 Å². The van der Waals surface area contributed by atoms with Crippen LogP contribution in [0.15, 0.2) is 24.3 Å². The predicted octanol–water partition coefficient (Wildman–Crippen LogP) is 1.01. The van der Waals surface area contributed by atoms with Gasteiger partial charge in [-0.15, -0.1) is 0 Å². The summed E-state index contributed by atoms with van der Waals surface area (Å²) in [5, 5.41) is 2.79. The number of methoxy groups -OCH3 is 1. The van der Waals surface area contributed by atoms with Crippen LogP contribution in [0.4, 0.5) is 0 Å². The van der Waals surface area contributed by atoms with Crippen molar-refractivity contribution in [3.8, 4) is 0 Å². The fourth-order valence-corrected chi connectivity index (χ4v) is 1.51. The molecule has 0 saturated heterocycles. The highest BCUT2D eigenvalue weighted by Crippen LogP contribution is 2.05. The summed E-state index contributed by atoms with van der Waals surface area (Å²) >= 11 is 0. The first-order valence-electron chi connectivity index (χ1n) is 5.60. The summed E-state index contributed by atoms with van der Waals surface area (Å²) in [4.78, 5) is 13.3. The quantitative estimate of drug-likeness (QED) is 0.801. The average Bonchev–Trinajstić information content (AvgIpc) is 2.28. The number of amides is 1. The van der Waals surface area contributed by atoms with Crippen LogP contribution in [-0.4, -0.2) is 38.6 Å². The van der Waals surface area contributed by atoms with Gasteiger partial charge in [-0.3, -0.25) is 4.79 Å². The summed E-state index contributed by atoms with van der Waals surface area (Å²) in [7, 11) is 5.59. The predicted molar refractivity (Wildman–Crippen MR) is 67.6 cm³/mol. The first kappa shape index (κ1) is 13.7. The molecule has 0 aliphatic rings. The molecule has 0 radical (unpaired) electrons. The van der Waals surface area contributed by atoms with Crippen molar-refractivity contribution in [1.82, 2.24) is 10.2 Å². The van der Waals surface area contributed by atoms with Gasteiger partial charge in [0.1, 0.15) is 6.61 Å². The Balaban J connectivity index is 2.42. The van der Waals surface area contributed by atoms with Crippen LogP contribution >= 0.6 is 0 Å². The Morgan fingerprint density at radius 2 is 1.82 bits per heavy atom. The summed E-state index contributed by atoms with van der Waals surface area (Å²) in [5.74, 6) is -0.0927. The van der Waals surface area contributed by atoms with E-state index < -0.39 is 0 Å². The second kappa shape index (κ2) is 7.04. The number of rotatable bonds is 6. The maximum Gasteiger partial charge on any atom is 0.246 e. The van der Waals surface area contributed by atoms with Crippen molar-refractivity contribution >= 4 is 5.91 Å². The van der Waals surface area contributed by atoms with Gasteiger partial charge >= 0.3 is 0 Å². The summed E-state index contributed by atoms with van der Waals surface area (Å²) in [6, 6.07) is 8.23. The van der Waals surface area contributed by atoms with Gasteiger partial charge in [0.2, 0.25) is 5.91 Å². The third-order valence-corrected chi connectivity index (χ3v) is 2.29. The number of ether oxygens (including phenoxy) is 1. The average molecular weight is 236 g/mol. The van der Waals surface area contributed by atoms with Crippen molar-refractivity contribution in [2.45, 2.75) is 13.1 Å². The van der Waals surface area contributed by atoms with Crippen LogP contribution in [0.1, 0.15) is 11.1 Å². The second-order valence-electron chi connectivity index (χ2n) is 4.26. The Morgan fingerprint density at radius 1 is 1.24 bits per heavy atom. The highest BCUT2D eigenvalue weighted by molar-refractivity contribution is 5.77. The van der Waals surface area contributed by atoms with Crippen molar-refractivity contribution < 1.29 is 9.53 Å². The number of carbonyl (C=O) groups is 1. The number of hydrogen-bond acceptors (Lipinski definition) is 3. The molecule has 0 saturated carbocycles. The van der Waals surface area contributed by atoms with E-state index in [0.29, 0.717) is 6.54 Å². The third-order valence-electron chi connectivity index (χ3n) is 2.29. The van der Waals surface area contributed by atoms with E-state index in [9.17, 15) is 4.79 Å². The summed E-state index contributed by atoms with van der Waals surface area (Å²) in [5.41, 5.74) is 2.36. The lowest BCUT2D eigenvalue weighted by Crippen LogP contribution is -2.26. The maximum absolute atomic E-state index is 11.2. The topological polar surface area (TPSA) is 41.6 Å². The monoisotopic (exact) mass is 236 g/mol. The molecular weight excluding hydrogens is 216 g/mol. The molecule has 0 spiro atoms. The highest BCUT2D eigenvalue weighted by Gasteiger charge is 2.00. The molecule has 0 aliphatic heterocycles. The lowest BCUT2D eigenvalue weighted by molar-refractivity contribution is -0.124. The highest BCUT2D eigenvalue weighted by atomic mass is 16.5. The Bertz CT molecular complexity index is 347. The first-order valence-corrected chi connectivity index (χ1v) is 5.60. The van der Waals surface area contributed by atoms with Crippen LogP contribution in [0.2, 0.25) is 0 Å². The third kappa shape index (κ3) is 5.47. The molecule has 1 aromatic carbocycles. The SMILES string of the molecule is COCC(=O)NCc1ccc(CN(C)C)cc1. The molecule has 1 rings (SSSR count). The molecule has 0 aliphatic carbocycles. The Labute approximate surface area is 103 Å². The van der Waals surface area contributed by atoms with Crippen LogP contribution < -0.4 is 5.32 Å². The number of benzene rings is 1. The molecular formula is C13H20N2O2. The molecule has 1 N–H and O–H groups in total. The lowest BCUT2D eigenvalue weighted by atomic mass is 10.1. The van der Waals surface area contributed by atoms with Crippen molar-refractivity contribution in [1.29, 1.82) is 0 Å². The summed E-state index contributed by atoms with van der Waals surface area (Å²) in [6.07, 6.45) is 0. The molecule has 4 nitrogen and oxygen atoms in total. The zero-order valence-electron chi connectivity index (χ0n) is 10.7. The molecule has 4 heteroatoms. The number of hydrogen-bond donors (Lipinski definition) is 1. The molecule has 0 atom stereocenters. The van der Waals surface area contributed by atoms with Gasteiger partial charge in [0, 0.05) is 20.2 Å². The van der Waals surface area contributed by atoms with Gasteiger partial charge in [0.05, 0.1) is 0 Å². The maximum atomic E-state index is 11.2. The summed E-state index contributed by atoms with van der Waals surface area (Å²) in [6.45, 7) is 1.58. The van der Waals surface area contributed by atoms with E-state index in [-0.39, 0.29) is 12.5 Å². The standard InChI is InChI=1S/C13H20N2O2/c1-15(2)9-12-6-4-11(5-7-12)8-14-13(16)10-17-3/h4-7H,8-10H2,1-3H3,(H,14,16). The van der Waals surface area contributed by atoms with Crippen LogP contribution in [0, 0.1) is 0 Å². The molecule has 0 unspecified atom stereocenters. The molecule has 94 valence electrons. The van der Waals surface area contributed by atoms with Crippen molar-refractivity contribution in [3.63, 3.8) is 0 Å². The van der Waals surface area contributed by atoms with Gasteiger partial charge in [-0.1, -0.05) is 24.3 Å². The number of nitrogens with one attached hydrogen (secondary N) is 1. The van der Waals surface area contributed by atoms with E-state index >= 15 is 0 Å². The normalized spacial score (nSPS) is 10.6. The molecule has 17 heavy (non-hydrogen) atoms. The van der Waals surface area contributed by atoms with Crippen molar-refractivity contribution in [2.75, 3.05) is 27.8 Å². The van der Waals surface area contributed by atoms with Crippen molar-refractivity contribution in [2.24, 2.45) is 0 Å². The molecule has 0 heterocycles. The van der Waals surface area contributed by atoms with E-state index in [1.807, 2.05) is 26.2 Å². The van der Waals surface area contributed by atoms with E-state index in [2.05, 4.69) is 22.3 Å². The van der Waals surface area contributed by atoms with E-state index in [1.54, 1.807) is 0 Å². The first-order chi connectivity index (χ1) is 8.11. The van der Waals surface area contributed by atoms with Gasteiger partial charge in [0.15, 0.2) is 0 Å². The Kier molecular flexibility index (Phi) is 5.66. The van der Waals surface area contributed by atoms with Gasteiger partial charge in [-0.25, -0.2) is 0 Å². The van der Waals surface area contributed by atoms with Gasteiger partial charge in [-0.2, -0.15) is 0 Å². The molecule has 0 fully saturated rings. The minimum Gasteiger partial charge on any atom is -0.375 e.